The minimum absolute atomic E-state index is 0.171. The highest BCUT2D eigenvalue weighted by Gasteiger charge is 2.20. The summed E-state index contributed by atoms with van der Waals surface area (Å²) in [5.74, 6) is 0.487. The maximum absolute atomic E-state index is 13.3. The maximum atomic E-state index is 13.3. The summed E-state index contributed by atoms with van der Waals surface area (Å²) in [5, 5.41) is 0.566. The van der Waals surface area contributed by atoms with Crippen molar-refractivity contribution in [3.05, 3.63) is 87.6 Å². The number of likely N-dealkylation sites (tertiary alicyclic amines) is 1. The number of hydrogen-bond donors (Lipinski definition) is 0. The summed E-state index contributed by atoms with van der Waals surface area (Å²) in [6.45, 7) is 2.48. The summed E-state index contributed by atoms with van der Waals surface area (Å²) in [7, 11) is 0. The normalized spacial score (nSPS) is 16.7. The number of rotatable bonds is 7. The molecular formula is C23H23ClFN3O2. The van der Waals surface area contributed by atoms with Crippen LogP contribution in [0.25, 0.3) is 5.69 Å². The highest BCUT2D eigenvalue weighted by Crippen LogP contribution is 2.15. The van der Waals surface area contributed by atoms with E-state index >= 15 is 0 Å². The molecule has 1 aliphatic heterocycles. The lowest BCUT2D eigenvalue weighted by Gasteiger charge is -2.14. The van der Waals surface area contributed by atoms with Gasteiger partial charge in [-0.25, -0.2) is 4.39 Å². The Morgan fingerprint density at radius 3 is 2.67 bits per heavy atom. The van der Waals surface area contributed by atoms with E-state index in [1.165, 1.54) is 11.6 Å². The topological polar surface area (TPSA) is 47.4 Å². The maximum Gasteiger partial charge on any atom is 0.258 e. The molecule has 5 nitrogen and oxygen atoms in total. The predicted molar refractivity (Wildman–Crippen MR) is 115 cm³/mol. The van der Waals surface area contributed by atoms with Gasteiger partial charge in [0.05, 0.1) is 10.7 Å². The van der Waals surface area contributed by atoms with Crippen LogP contribution in [0.5, 0.6) is 5.75 Å². The van der Waals surface area contributed by atoms with Crippen molar-refractivity contribution < 1.29 is 9.13 Å². The summed E-state index contributed by atoms with van der Waals surface area (Å²) in [6.07, 6.45) is 4.08. The van der Waals surface area contributed by atoms with Crippen LogP contribution >= 0.6 is 11.6 Å². The zero-order valence-corrected chi connectivity index (χ0v) is 17.3. The van der Waals surface area contributed by atoms with E-state index in [0.717, 1.165) is 30.9 Å². The van der Waals surface area contributed by atoms with Crippen molar-refractivity contribution in [2.75, 3.05) is 19.6 Å². The summed E-state index contributed by atoms with van der Waals surface area (Å²) in [4.78, 5) is 18.8. The number of benzene rings is 1. The molecule has 7 heteroatoms. The number of nitrogens with zero attached hydrogens (tertiary/aromatic N) is 3. The molecule has 0 aliphatic carbocycles. The van der Waals surface area contributed by atoms with E-state index in [-0.39, 0.29) is 12.2 Å². The quantitative estimate of drug-likeness (QED) is 0.570. The van der Waals surface area contributed by atoms with Crippen molar-refractivity contribution in [1.82, 2.24) is 14.5 Å². The highest BCUT2D eigenvalue weighted by molar-refractivity contribution is 6.30. The lowest BCUT2D eigenvalue weighted by Crippen LogP contribution is -2.23. The number of alkyl halides is 1. The summed E-state index contributed by atoms with van der Waals surface area (Å²) in [6, 6.07) is 14.6. The van der Waals surface area contributed by atoms with Crippen LogP contribution in [0.2, 0.25) is 5.02 Å². The smallest absolute Gasteiger partial charge is 0.258 e. The van der Waals surface area contributed by atoms with Gasteiger partial charge in [-0.05, 0) is 48.7 Å². The molecule has 1 aromatic carbocycles. The first-order valence-corrected chi connectivity index (χ1v) is 10.4. The van der Waals surface area contributed by atoms with Crippen LogP contribution in [0.3, 0.4) is 0 Å². The van der Waals surface area contributed by atoms with E-state index in [1.807, 2.05) is 24.3 Å². The van der Waals surface area contributed by atoms with Gasteiger partial charge in [0.25, 0.3) is 5.56 Å². The van der Waals surface area contributed by atoms with Gasteiger partial charge in [-0.1, -0.05) is 23.7 Å². The summed E-state index contributed by atoms with van der Waals surface area (Å²) in [5.41, 5.74) is 2.52. The Kier molecular flexibility index (Phi) is 6.45. The Balaban J connectivity index is 1.36. The summed E-state index contributed by atoms with van der Waals surface area (Å²) >= 11 is 5.82. The van der Waals surface area contributed by atoms with Crippen LogP contribution in [0.4, 0.5) is 4.39 Å². The average molecular weight is 428 g/mol. The molecule has 2 aromatic heterocycles. The van der Waals surface area contributed by atoms with Crippen molar-refractivity contribution in [1.29, 1.82) is 0 Å². The second-order valence-electron chi connectivity index (χ2n) is 7.43. The molecule has 0 radical (unpaired) electrons. The molecule has 3 aromatic rings. The van der Waals surface area contributed by atoms with E-state index in [1.54, 1.807) is 35.2 Å². The molecule has 30 heavy (non-hydrogen) atoms. The van der Waals surface area contributed by atoms with Gasteiger partial charge < -0.3 is 9.64 Å². The van der Waals surface area contributed by atoms with Gasteiger partial charge in [-0.3, -0.25) is 14.3 Å². The molecule has 0 bridgehead atoms. The number of hydrogen-bond acceptors (Lipinski definition) is 4. The molecule has 1 aliphatic rings. The average Bonchev–Trinajstić information content (AvgIpc) is 3.18. The molecule has 156 valence electrons. The third kappa shape index (κ3) is 5.26. The SMILES string of the molecule is O=c1cc(OCc2ccc(Cl)cn2)ccn1-c1ccc(CCN2CCC(F)C2)cc1. The molecule has 1 unspecified atom stereocenters. The van der Waals surface area contributed by atoms with Gasteiger partial charge in [-0.2, -0.15) is 0 Å². The van der Waals surface area contributed by atoms with Crippen LogP contribution in [-0.2, 0) is 13.0 Å². The monoisotopic (exact) mass is 427 g/mol. The Morgan fingerprint density at radius 1 is 1.17 bits per heavy atom. The largest absolute Gasteiger partial charge is 0.487 e. The second kappa shape index (κ2) is 9.41. The van der Waals surface area contributed by atoms with Gasteiger partial charge in [0, 0.05) is 43.8 Å². The lowest BCUT2D eigenvalue weighted by molar-refractivity contribution is 0.290. The fraction of sp³-hybridized carbons (Fsp3) is 0.304. The second-order valence-corrected chi connectivity index (χ2v) is 7.87. The van der Waals surface area contributed by atoms with Crippen LogP contribution in [0.1, 0.15) is 17.7 Å². The van der Waals surface area contributed by atoms with E-state index in [0.29, 0.717) is 23.7 Å². The first-order valence-electron chi connectivity index (χ1n) is 9.98. The van der Waals surface area contributed by atoms with Crippen molar-refractivity contribution in [3.63, 3.8) is 0 Å². The third-order valence-corrected chi connectivity index (χ3v) is 5.44. The molecule has 0 saturated carbocycles. The standard InChI is InChI=1S/C23H23ClFN3O2/c24-18-3-4-20(26-14-18)16-30-22-9-12-28(23(29)13-22)21-5-1-17(2-6-21)7-10-27-11-8-19(25)15-27/h1-6,9,12-14,19H,7-8,10-11,15-16H2. The first-order chi connectivity index (χ1) is 14.6. The first kappa shape index (κ1) is 20.6. The molecule has 4 rings (SSSR count). The van der Waals surface area contributed by atoms with Crippen LogP contribution in [0.15, 0.2) is 65.7 Å². The number of halogens is 2. The molecular weight excluding hydrogens is 405 g/mol. The lowest BCUT2D eigenvalue weighted by atomic mass is 10.1. The van der Waals surface area contributed by atoms with Crippen LogP contribution in [-0.4, -0.2) is 40.3 Å². The van der Waals surface area contributed by atoms with Gasteiger partial charge in [-0.15, -0.1) is 0 Å². The molecule has 0 N–H and O–H groups in total. The Morgan fingerprint density at radius 2 is 2.00 bits per heavy atom. The number of aromatic nitrogens is 2. The molecule has 1 atom stereocenters. The minimum atomic E-state index is -0.686. The molecule has 0 amide bonds. The molecule has 1 saturated heterocycles. The fourth-order valence-corrected chi connectivity index (χ4v) is 3.62. The Bertz CT molecular complexity index is 1040. The van der Waals surface area contributed by atoms with E-state index in [2.05, 4.69) is 9.88 Å². The van der Waals surface area contributed by atoms with Gasteiger partial charge >= 0.3 is 0 Å². The van der Waals surface area contributed by atoms with Crippen molar-refractivity contribution in [2.24, 2.45) is 0 Å². The minimum Gasteiger partial charge on any atom is -0.487 e. The Labute approximate surface area is 179 Å². The fourth-order valence-electron chi connectivity index (χ4n) is 3.51. The zero-order valence-electron chi connectivity index (χ0n) is 16.5. The van der Waals surface area contributed by atoms with Crippen molar-refractivity contribution in [3.8, 4) is 11.4 Å². The zero-order chi connectivity index (χ0) is 20.9. The van der Waals surface area contributed by atoms with E-state index < -0.39 is 6.17 Å². The van der Waals surface area contributed by atoms with E-state index in [4.69, 9.17) is 16.3 Å². The van der Waals surface area contributed by atoms with Gasteiger partial charge in [0.15, 0.2) is 0 Å². The van der Waals surface area contributed by atoms with Crippen LogP contribution < -0.4 is 10.3 Å². The molecule has 3 heterocycles. The van der Waals surface area contributed by atoms with Crippen molar-refractivity contribution >= 4 is 11.6 Å². The van der Waals surface area contributed by atoms with Crippen molar-refractivity contribution in [2.45, 2.75) is 25.6 Å². The van der Waals surface area contributed by atoms with Crippen LogP contribution in [0, 0.1) is 0 Å². The molecule has 0 spiro atoms. The van der Waals surface area contributed by atoms with Gasteiger partial charge in [0.1, 0.15) is 18.5 Å². The Hall–Kier alpha value is -2.70. The predicted octanol–water partition coefficient (Wildman–Crippen LogP) is 4.05. The summed E-state index contributed by atoms with van der Waals surface area (Å²) < 4.78 is 20.5. The van der Waals surface area contributed by atoms with Gasteiger partial charge in [0.2, 0.25) is 0 Å². The number of ether oxygens (including phenoxy) is 1. The third-order valence-electron chi connectivity index (χ3n) is 5.21. The highest BCUT2D eigenvalue weighted by atomic mass is 35.5. The number of pyridine rings is 2. The molecule has 1 fully saturated rings. The van der Waals surface area contributed by atoms with E-state index in [9.17, 15) is 9.18 Å².